The maximum Gasteiger partial charge on any atom is 0.258 e. The number of aryl methyl sites for hydroxylation is 2. The highest BCUT2D eigenvalue weighted by Gasteiger charge is 2.29. The number of amides is 4. The Balaban J connectivity index is 1.33. The Morgan fingerprint density at radius 1 is 0.544 bits per heavy atom. The Hall–Kier alpha value is -6.72. The van der Waals surface area contributed by atoms with Crippen molar-refractivity contribution in [2.24, 2.45) is 20.5 Å². The summed E-state index contributed by atoms with van der Waals surface area (Å²) < 4.78 is 11.8. The number of benzene rings is 5. The van der Waals surface area contributed by atoms with Crippen LogP contribution in [0.25, 0.3) is 0 Å². The second kappa shape index (κ2) is 25.4. The van der Waals surface area contributed by atoms with Gasteiger partial charge in [-0.25, -0.2) is 0 Å². The lowest BCUT2D eigenvalue weighted by Crippen LogP contribution is -2.32. The molecule has 5 aromatic carbocycles. The monoisotopic (exact) mass is 1000 g/mol. The standard InChI is InChI=1S/C48H46Cl4N8O8/c1-5-67-43-37(55-47(65)41(27(3)61)59-57-39-25-31(13-15-35(39)51)45(63)53-33-11-7-9-29(23-33)19-21-49)17-18-38(44(43)68-6-2)56-48(66)42(28(4)62)60-58-40-26-32(14-16-36(40)52)46(64)54-34-12-8-10-30(24-34)20-22-50/h7-18,23-26,41-42H,5-6,19-22H2,1-4H3,(H,53,63)(H,54,64)(H,55,65)(H,56,66). The average molecular weight is 1000 g/mol. The third kappa shape index (κ3) is 14.4. The third-order valence-electron chi connectivity index (χ3n) is 9.59. The van der Waals surface area contributed by atoms with Gasteiger partial charge in [-0.15, -0.1) is 23.2 Å². The van der Waals surface area contributed by atoms with E-state index in [-0.39, 0.29) is 68.6 Å². The molecule has 0 aliphatic carbocycles. The van der Waals surface area contributed by atoms with E-state index in [1.54, 1.807) is 50.2 Å². The molecule has 0 saturated carbocycles. The fraction of sp³-hybridized carbons (Fsp3) is 0.250. The zero-order valence-corrected chi connectivity index (χ0v) is 40.2. The molecule has 2 atom stereocenters. The Labute approximate surface area is 412 Å². The van der Waals surface area contributed by atoms with E-state index < -0.39 is 47.3 Å². The molecule has 5 aromatic rings. The SMILES string of the molecule is CCOc1c(NC(=O)C(N=Nc2cc(C(=O)Nc3cccc(CCCl)c3)ccc2Cl)C(C)=O)ccc(NC(=O)C(N=Nc2cc(C(=O)Nc3cccc(CCCl)c3)ccc2Cl)C(C)=O)c1OCC. The number of alkyl halides is 2. The second-order valence-corrected chi connectivity index (χ2v) is 16.2. The summed E-state index contributed by atoms with van der Waals surface area (Å²) >= 11 is 24.5. The molecule has 0 fully saturated rings. The first-order valence-corrected chi connectivity index (χ1v) is 22.9. The van der Waals surface area contributed by atoms with Gasteiger partial charge in [0.1, 0.15) is 11.4 Å². The van der Waals surface area contributed by atoms with Gasteiger partial charge in [-0.05, 0) is 124 Å². The summed E-state index contributed by atoms with van der Waals surface area (Å²) in [4.78, 5) is 79.3. The molecular weight excluding hydrogens is 958 g/mol. The average Bonchev–Trinajstić information content (AvgIpc) is 3.29. The minimum atomic E-state index is -1.68. The summed E-state index contributed by atoms with van der Waals surface area (Å²) in [6, 6.07) is 22.4. The van der Waals surface area contributed by atoms with E-state index in [1.807, 2.05) is 12.1 Å². The number of hydrogen-bond donors (Lipinski definition) is 4. The second-order valence-electron chi connectivity index (χ2n) is 14.6. The van der Waals surface area contributed by atoms with E-state index in [0.29, 0.717) is 36.0 Å². The summed E-state index contributed by atoms with van der Waals surface area (Å²) in [5, 5.41) is 27.2. The fourth-order valence-corrected chi connectivity index (χ4v) is 7.06. The van der Waals surface area contributed by atoms with E-state index in [4.69, 9.17) is 55.9 Å². The summed E-state index contributed by atoms with van der Waals surface area (Å²) in [6.45, 7) is 5.78. The fourth-order valence-electron chi connectivity index (χ4n) is 6.31. The minimum absolute atomic E-state index is 0.0200. The van der Waals surface area contributed by atoms with Crippen LogP contribution in [0.2, 0.25) is 10.0 Å². The molecule has 354 valence electrons. The molecule has 68 heavy (non-hydrogen) atoms. The molecule has 4 N–H and O–H groups in total. The molecule has 0 aliphatic rings. The Kier molecular flexibility index (Phi) is 19.5. The number of ketones is 2. The molecular formula is C48H46Cl4N8O8. The van der Waals surface area contributed by atoms with E-state index in [1.165, 1.54) is 48.5 Å². The van der Waals surface area contributed by atoms with Gasteiger partial charge in [0.2, 0.25) is 12.1 Å². The number of Topliss-reactive ketones (excluding diaryl/α,β-unsaturated/α-hetero) is 2. The number of nitrogens with one attached hydrogen (secondary N) is 4. The molecule has 0 heterocycles. The van der Waals surface area contributed by atoms with Crippen molar-refractivity contribution in [3.63, 3.8) is 0 Å². The van der Waals surface area contributed by atoms with Crippen LogP contribution in [-0.4, -0.2) is 72.3 Å². The van der Waals surface area contributed by atoms with Crippen LogP contribution >= 0.6 is 46.4 Å². The largest absolute Gasteiger partial charge is 0.488 e. The van der Waals surface area contributed by atoms with Gasteiger partial charge in [0, 0.05) is 34.3 Å². The van der Waals surface area contributed by atoms with E-state index in [2.05, 4.69) is 41.7 Å². The third-order valence-corrected chi connectivity index (χ3v) is 10.6. The molecule has 0 spiro atoms. The zero-order valence-electron chi connectivity index (χ0n) is 37.2. The quantitative estimate of drug-likeness (QED) is 0.0296. The van der Waals surface area contributed by atoms with Gasteiger partial charge in [-0.3, -0.25) is 28.8 Å². The highest BCUT2D eigenvalue weighted by molar-refractivity contribution is 6.33. The van der Waals surface area contributed by atoms with Crippen LogP contribution < -0.4 is 30.7 Å². The van der Waals surface area contributed by atoms with Crippen molar-refractivity contribution >= 4 is 116 Å². The summed E-state index contributed by atoms with van der Waals surface area (Å²) in [6.07, 6.45) is 1.24. The molecule has 0 saturated heterocycles. The summed E-state index contributed by atoms with van der Waals surface area (Å²) in [5.74, 6) is -3.30. The number of rotatable bonds is 22. The van der Waals surface area contributed by atoms with Gasteiger partial charge in [0.15, 0.2) is 23.1 Å². The lowest BCUT2D eigenvalue weighted by molar-refractivity contribution is -0.127. The molecule has 2 unspecified atom stereocenters. The topological polar surface area (TPSA) is 218 Å². The van der Waals surface area contributed by atoms with Gasteiger partial charge in [0.05, 0.1) is 34.6 Å². The predicted molar refractivity (Wildman–Crippen MR) is 265 cm³/mol. The lowest BCUT2D eigenvalue weighted by atomic mass is 10.1. The Morgan fingerprint density at radius 3 is 1.29 bits per heavy atom. The molecule has 0 bridgehead atoms. The van der Waals surface area contributed by atoms with Gasteiger partial charge in [0.25, 0.3) is 23.6 Å². The molecule has 0 radical (unpaired) electrons. The highest BCUT2D eigenvalue weighted by Crippen LogP contribution is 2.42. The summed E-state index contributed by atoms with van der Waals surface area (Å²) in [5.41, 5.74) is 3.47. The molecule has 20 heteroatoms. The number of hydrogen-bond acceptors (Lipinski definition) is 12. The first-order chi connectivity index (χ1) is 32.6. The summed E-state index contributed by atoms with van der Waals surface area (Å²) in [7, 11) is 0. The first kappa shape index (κ1) is 52.3. The van der Waals surface area contributed by atoms with Gasteiger partial charge in [-0.2, -0.15) is 20.5 Å². The van der Waals surface area contributed by atoms with Crippen LogP contribution in [0.3, 0.4) is 0 Å². The number of carbonyl (C=O) groups is 6. The maximum atomic E-state index is 13.7. The van der Waals surface area contributed by atoms with E-state index >= 15 is 0 Å². The molecule has 4 amide bonds. The molecule has 5 rings (SSSR count). The van der Waals surface area contributed by atoms with Crippen molar-refractivity contribution in [3.8, 4) is 11.5 Å². The van der Waals surface area contributed by atoms with Crippen LogP contribution in [0.15, 0.2) is 118 Å². The number of carbonyl (C=O) groups excluding carboxylic acids is 6. The molecule has 0 aliphatic heterocycles. The van der Waals surface area contributed by atoms with Crippen molar-refractivity contribution in [2.45, 2.75) is 52.6 Å². The van der Waals surface area contributed by atoms with Gasteiger partial charge in [-0.1, -0.05) is 47.5 Å². The molecule has 16 nitrogen and oxygen atoms in total. The van der Waals surface area contributed by atoms with Crippen molar-refractivity contribution in [3.05, 3.63) is 129 Å². The van der Waals surface area contributed by atoms with Crippen LogP contribution in [0, 0.1) is 0 Å². The number of halogens is 4. The van der Waals surface area contributed by atoms with Crippen molar-refractivity contribution in [2.75, 3.05) is 46.2 Å². The Bertz CT molecular complexity index is 2570. The Morgan fingerprint density at radius 2 is 0.941 bits per heavy atom. The van der Waals surface area contributed by atoms with Crippen molar-refractivity contribution < 1.29 is 38.2 Å². The number of azo groups is 2. The molecule has 0 aromatic heterocycles. The first-order valence-electron chi connectivity index (χ1n) is 21.0. The van der Waals surface area contributed by atoms with Crippen molar-refractivity contribution in [1.29, 1.82) is 0 Å². The van der Waals surface area contributed by atoms with Gasteiger partial charge >= 0.3 is 0 Å². The number of anilines is 4. The normalized spacial score (nSPS) is 12.0. The zero-order chi connectivity index (χ0) is 49.3. The van der Waals surface area contributed by atoms with Crippen LogP contribution in [0.5, 0.6) is 11.5 Å². The van der Waals surface area contributed by atoms with Crippen LogP contribution in [-0.2, 0) is 32.0 Å². The minimum Gasteiger partial charge on any atom is -0.488 e. The number of ether oxygens (including phenoxy) is 2. The lowest BCUT2D eigenvalue weighted by Gasteiger charge is -2.20. The van der Waals surface area contributed by atoms with E-state index in [0.717, 1.165) is 25.0 Å². The van der Waals surface area contributed by atoms with Gasteiger partial charge < -0.3 is 30.7 Å². The predicted octanol–water partition coefficient (Wildman–Crippen LogP) is 11.2. The van der Waals surface area contributed by atoms with Crippen LogP contribution in [0.4, 0.5) is 34.1 Å². The highest BCUT2D eigenvalue weighted by atomic mass is 35.5. The maximum absolute atomic E-state index is 13.7. The number of nitrogens with zero attached hydrogens (tertiary/aromatic N) is 4. The van der Waals surface area contributed by atoms with Crippen molar-refractivity contribution in [1.82, 2.24) is 0 Å². The van der Waals surface area contributed by atoms with E-state index in [9.17, 15) is 28.8 Å². The smallest absolute Gasteiger partial charge is 0.258 e. The van der Waals surface area contributed by atoms with Crippen LogP contribution in [0.1, 0.15) is 59.5 Å².